The van der Waals surface area contributed by atoms with Crippen molar-refractivity contribution >= 4 is 12.1 Å². The summed E-state index contributed by atoms with van der Waals surface area (Å²) in [5, 5.41) is 4.09. The lowest BCUT2D eigenvalue weighted by molar-refractivity contribution is -0.121. The average Bonchev–Trinajstić information content (AvgIpc) is 2.87. The summed E-state index contributed by atoms with van der Waals surface area (Å²) in [5.74, 6) is 0.802. The van der Waals surface area contributed by atoms with E-state index in [1.54, 1.807) is 6.21 Å². The first-order chi connectivity index (χ1) is 17.2. The lowest BCUT2D eigenvalue weighted by Crippen LogP contribution is -2.16. The Hall–Kier alpha value is -2.62. The van der Waals surface area contributed by atoms with Crippen molar-refractivity contribution in [3.05, 3.63) is 65.2 Å². The number of ether oxygens (including phenoxy) is 1. The molecule has 0 aliphatic carbocycles. The number of nitrogens with zero attached hydrogens (tertiary/aromatic N) is 1. The number of aryl methyl sites for hydroxylation is 1. The molecule has 1 N–H and O–H groups in total. The minimum Gasteiger partial charge on any atom is -0.489 e. The minimum atomic E-state index is -0.0117. The summed E-state index contributed by atoms with van der Waals surface area (Å²) >= 11 is 0. The summed E-state index contributed by atoms with van der Waals surface area (Å²) in [4.78, 5) is 12.0. The maximum absolute atomic E-state index is 12.0. The molecule has 4 heteroatoms. The third kappa shape index (κ3) is 14.4. The normalized spacial score (nSPS) is 11.1. The minimum absolute atomic E-state index is 0.0117. The second-order valence-electron chi connectivity index (χ2n) is 9.63. The average molecular weight is 479 g/mol. The summed E-state index contributed by atoms with van der Waals surface area (Å²) in [6.07, 6.45) is 19.2. The maximum Gasteiger partial charge on any atom is 0.240 e. The number of carbonyl (C=O) groups excluding carboxylic acids is 1. The molecule has 1 amide bonds. The lowest BCUT2D eigenvalue weighted by Gasteiger charge is -2.07. The van der Waals surface area contributed by atoms with Crippen LogP contribution >= 0.6 is 0 Å². The van der Waals surface area contributed by atoms with Crippen LogP contribution in [0.1, 0.15) is 114 Å². The highest BCUT2D eigenvalue weighted by atomic mass is 16.5. The molecule has 0 aliphatic heterocycles. The van der Waals surface area contributed by atoms with Gasteiger partial charge in [-0.05, 0) is 48.7 Å². The zero-order chi connectivity index (χ0) is 25.0. The smallest absolute Gasteiger partial charge is 0.240 e. The second kappa shape index (κ2) is 18.7. The Morgan fingerprint density at radius 3 is 1.89 bits per heavy atom. The zero-order valence-corrected chi connectivity index (χ0v) is 22.1. The zero-order valence-electron chi connectivity index (χ0n) is 22.1. The van der Waals surface area contributed by atoms with Crippen LogP contribution in [0.5, 0.6) is 5.75 Å². The molecule has 2 aromatic rings. The molecule has 0 bridgehead atoms. The van der Waals surface area contributed by atoms with Crippen LogP contribution in [0.25, 0.3) is 0 Å². The number of rotatable bonds is 19. The fourth-order valence-electron chi connectivity index (χ4n) is 4.04. The van der Waals surface area contributed by atoms with E-state index in [0.717, 1.165) is 29.7 Å². The first-order valence-corrected chi connectivity index (χ1v) is 13.8. The standard InChI is InChI=1S/C31H46N2O2/c1-3-4-5-6-7-8-9-10-11-12-13-14-15-16-31(34)33-32-25-28-21-23-30(24-22-28)35-26-29-19-17-27(2)18-20-29/h17-25H,3-16,26H2,1-2H3,(H,33,34)/b32-25+. The summed E-state index contributed by atoms with van der Waals surface area (Å²) in [5.41, 5.74) is 5.95. The molecular weight excluding hydrogens is 432 g/mol. The molecule has 0 atom stereocenters. The van der Waals surface area contributed by atoms with Crippen LogP contribution in [0.2, 0.25) is 0 Å². The van der Waals surface area contributed by atoms with Crippen molar-refractivity contribution < 1.29 is 9.53 Å². The van der Waals surface area contributed by atoms with Gasteiger partial charge in [0.1, 0.15) is 12.4 Å². The van der Waals surface area contributed by atoms with Gasteiger partial charge in [-0.3, -0.25) is 4.79 Å². The number of carbonyl (C=O) groups is 1. The van der Waals surface area contributed by atoms with Crippen LogP contribution in [-0.4, -0.2) is 12.1 Å². The van der Waals surface area contributed by atoms with Gasteiger partial charge < -0.3 is 4.74 Å². The highest BCUT2D eigenvalue weighted by Crippen LogP contribution is 2.15. The third-order valence-corrected chi connectivity index (χ3v) is 6.32. The number of nitrogens with one attached hydrogen (secondary N) is 1. The molecule has 0 heterocycles. The Labute approximate surface area is 213 Å². The monoisotopic (exact) mass is 478 g/mol. The van der Waals surface area contributed by atoms with E-state index in [0.29, 0.717) is 13.0 Å². The summed E-state index contributed by atoms with van der Waals surface area (Å²) in [7, 11) is 0. The van der Waals surface area contributed by atoms with Gasteiger partial charge in [-0.1, -0.05) is 114 Å². The molecule has 0 aliphatic rings. The van der Waals surface area contributed by atoms with Gasteiger partial charge in [0.15, 0.2) is 0 Å². The Morgan fingerprint density at radius 2 is 1.31 bits per heavy atom. The fourth-order valence-corrected chi connectivity index (χ4v) is 4.04. The first-order valence-electron chi connectivity index (χ1n) is 13.8. The summed E-state index contributed by atoms with van der Waals surface area (Å²) in [6.45, 7) is 4.89. The number of hydrogen-bond donors (Lipinski definition) is 1. The van der Waals surface area contributed by atoms with Crippen molar-refractivity contribution in [3.63, 3.8) is 0 Å². The summed E-state index contributed by atoms with van der Waals surface area (Å²) in [6, 6.07) is 16.1. The molecular formula is C31H46N2O2. The number of amides is 1. The quantitative estimate of drug-likeness (QED) is 0.125. The number of unbranched alkanes of at least 4 members (excludes halogenated alkanes) is 12. The van der Waals surface area contributed by atoms with Crippen LogP contribution in [0.4, 0.5) is 0 Å². The molecule has 35 heavy (non-hydrogen) atoms. The number of hydrazone groups is 1. The Kier molecular flexibility index (Phi) is 15.3. The molecule has 0 saturated carbocycles. The van der Waals surface area contributed by atoms with E-state index >= 15 is 0 Å². The van der Waals surface area contributed by atoms with E-state index in [4.69, 9.17) is 4.74 Å². The van der Waals surface area contributed by atoms with Gasteiger partial charge in [-0.25, -0.2) is 5.43 Å². The second-order valence-corrected chi connectivity index (χ2v) is 9.63. The molecule has 0 unspecified atom stereocenters. The molecule has 0 fully saturated rings. The van der Waals surface area contributed by atoms with Crippen LogP contribution in [0.3, 0.4) is 0 Å². The molecule has 0 aromatic heterocycles. The van der Waals surface area contributed by atoms with Crippen molar-refractivity contribution in [1.82, 2.24) is 5.43 Å². The van der Waals surface area contributed by atoms with Gasteiger partial charge in [0.2, 0.25) is 5.91 Å². The fraction of sp³-hybridized carbons (Fsp3) is 0.548. The van der Waals surface area contributed by atoms with Gasteiger partial charge >= 0.3 is 0 Å². The SMILES string of the molecule is CCCCCCCCCCCCCCCC(=O)N/N=C/c1ccc(OCc2ccc(C)cc2)cc1. The lowest BCUT2D eigenvalue weighted by atomic mass is 10.0. The molecule has 0 spiro atoms. The van der Waals surface area contributed by atoms with Crippen molar-refractivity contribution in [3.8, 4) is 5.75 Å². The van der Waals surface area contributed by atoms with Crippen molar-refractivity contribution in [1.29, 1.82) is 0 Å². The summed E-state index contributed by atoms with van der Waals surface area (Å²) < 4.78 is 5.83. The Morgan fingerprint density at radius 1 is 0.771 bits per heavy atom. The van der Waals surface area contributed by atoms with E-state index in [1.165, 1.54) is 76.2 Å². The van der Waals surface area contributed by atoms with E-state index in [2.05, 4.69) is 48.6 Å². The van der Waals surface area contributed by atoms with Gasteiger partial charge in [0, 0.05) is 6.42 Å². The predicted molar refractivity (Wildman–Crippen MR) is 148 cm³/mol. The van der Waals surface area contributed by atoms with E-state index in [-0.39, 0.29) is 5.91 Å². The van der Waals surface area contributed by atoms with Crippen LogP contribution < -0.4 is 10.2 Å². The number of hydrogen-bond acceptors (Lipinski definition) is 3. The topological polar surface area (TPSA) is 50.7 Å². The van der Waals surface area contributed by atoms with Crippen molar-refractivity contribution in [2.24, 2.45) is 5.10 Å². The van der Waals surface area contributed by atoms with Crippen LogP contribution in [-0.2, 0) is 11.4 Å². The van der Waals surface area contributed by atoms with Gasteiger partial charge in [-0.15, -0.1) is 0 Å². The highest BCUT2D eigenvalue weighted by Gasteiger charge is 2.00. The first kappa shape index (κ1) is 28.6. The predicted octanol–water partition coefficient (Wildman–Crippen LogP) is 8.51. The third-order valence-electron chi connectivity index (χ3n) is 6.32. The van der Waals surface area contributed by atoms with Crippen LogP contribution in [0, 0.1) is 6.92 Å². The van der Waals surface area contributed by atoms with Crippen molar-refractivity contribution in [2.45, 2.75) is 110 Å². The van der Waals surface area contributed by atoms with Gasteiger partial charge in [0.05, 0.1) is 6.21 Å². The van der Waals surface area contributed by atoms with E-state index in [1.807, 2.05) is 24.3 Å². The molecule has 2 aromatic carbocycles. The Bertz CT molecular complexity index is 828. The van der Waals surface area contributed by atoms with Gasteiger partial charge in [0.25, 0.3) is 0 Å². The highest BCUT2D eigenvalue weighted by molar-refractivity contribution is 5.82. The van der Waals surface area contributed by atoms with Crippen molar-refractivity contribution in [2.75, 3.05) is 0 Å². The van der Waals surface area contributed by atoms with Gasteiger partial charge in [-0.2, -0.15) is 5.10 Å². The van der Waals surface area contributed by atoms with E-state index in [9.17, 15) is 4.79 Å². The van der Waals surface area contributed by atoms with Crippen LogP contribution in [0.15, 0.2) is 53.6 Å². The number of benzene rings is 2. The largest absolute Gasteiger partial charge is 0.489 e. The molecule has 192 valence electrons. The maximum atomic E-state index is 12.0. The molecule has 4 nitrogen and oxygen atoms in total. The molecule has 0 saturated heterocycles. The Balaban J connectivity index is 1.46. The van der Waals surface area contributed by atoms with E-state index < -0.39 is 0 Å². The molecule has 0 radical (unpaired) electrons. The molecule has 2 rings (SSSR count).